The highest BCUT2D eigenvalue weighted by Crippen LogP contribution is 2.65. The van der Waals surface area contributed by atoms with Crippen LogP contribution in [0.3, 0.4) is 0 Å². The summed E-state index contributed by atoms with van der Waals surface area (Å²) in [5.74, 6) is 2.11. The molecule has 0 spiro atoms. The van der Waals surface area contributed by atoms with Gasteiger partial charge in [0.15, 0.2) is 0 Å². The molecule has 0 aliphatic heterocycles. The summed E-state index contributed by atoms with van der Waals surface area (Å²) in [6.45, 7) is 2.34. The minimum Gasteiger partial charge on any atom is -0.358 e. The Bertz CT molecular complexity index is 247. The van der Waals surface area contributed by atoms with E-state index in [1.54, 1.807) is 6.42 Å². The Hall–Kier alpha value is -0.0800. The molecule has 4 bridgehead atoms. The Morgan fingerprint density at radius 2 is 1.53 bits per heavy atom. The van der Waals surface area contributed by atoms with Crippen LogP contribution in [0.2, 0.25) is 0 Å². The lowest BCUT2D eigenvalue weighted by Gasteiger charge is -2.61. The number of hydrogen-bond donors (Lipinski definition) is 2. The van der Waals surface area contributed by atoms with Crippen LogP contribution in [0.15, 0.2) is 0 Å². The van der Waals surface area contributed by atoms with Crippen molar-refractivity contribution in [3.05, 3.63) is 0 Å². The molecule has 86 valence electrons. The van der Waals surface area contributed by atoms with Crippen LogP contribution in [-0.4, -0.2) is 13.1 Å². The molecule has 2 atom stereocenters. The van der Waals surface area contributed by atoms with E-state index < -0.39 is 0 Å². The van der Waals surface area contributed by atoms with E-state index >= 15 is 0 Å². The average Bonchev–Trinajstić information content (AvgIpc) is 2.15. The van der Waals surface area contributed by atoms with Crippen molar-refractivity contribution < 1.29 is 11.5 Å². The second-order valence-corrected chi connectivity index (χ2v) is 6.81. The third kappa shape index (κ3) is 1.45. The fourth-order valence-electron chi connectivity index (χ4n) is 5.61. The zero-order chi connectivity index (χ0) is 10.5. The highest BCUT2D eigenvalue weighted by Gasteiger charge is 2.57. The predicted molar refractivity (Wildman–Crippen MR) is 59.7 cm³/mol. The molecule has 4 aliphatic rings. The van der Waals surface area contributed by atoms with Crippen molar-refractivity contribution in [2.24, 2.45) is 22.7 Å². The molecule has 0 amide bonds. The van der Waals surface area contributed by atoms with Crippen LogP contribution in [0.1, 0.15) is 44.9 Å². The Balaban J connectivity index is 1.88. The normalized spacial score (nSPS) is 52.4. The fourth-order valence-corrected chi connectivity index (χ4v) is 5.61. The van der Waals surface area contributed by atoms with E-state index in [0.29, 0.717) is 10.8 Å². The molecule has 15 heavy (non-hydrogen) atoms. The van der Waals surface area contributed by atoms with Gasteiger partial charge in [0.05, 0.1) is 13.1 Å². The van der Waals surface area contributed by atoms with E-state index in [9.17, 15) is 0 Å². The van der Waals surface area contributed by atoms with Crippen LogP contribution in [0, 0.1) is 22.7 Å². The number of quaternary nitrogens is 2. The van der Waals surface area contributed by atoms with Crippen molar-refractivity contribution in [3.63, 3.8) is 0 Å². The van der Waals surface area contributed by atoms with Crippen LogP contribution in [-0.2, 0) is 0 Å². The van der Waals surface area contributed by atoms with Gasteiger partial charge in [-0.15, -0.1) is 0 Å². The highest BCUT2D eigenvalue weighted by molar-refractivity contribution is 5.07. The van der Waals surface area contributed by atoms with Crippen molar-refractivity contribution in [2.75, 3.05) is 13.1 Å². The first kappa shape index (κ1) is 10.1. The summed E-state index contributed by atoms with van der Waals surface area (Å²) in [5, 5.41) is 0. The van der Waals surface area contributed by atoms with Crippen LogP contribution in [0.5, 0.6) is 0 Å². The smallest absolute Gasteiger partial charge is 0.0797 e. The van der Waals surface area contributed by atoms with Gasteiger partial charge in [0.1, 0.15) is 0 Å². The number of hydrogen-bond acceptors (Lipinski definition) is 0. The van der Waals surface area contributed by atoms with Crippen molar-refractivity contribution >= 4 is 0 Å². The van der Waals surface area contributed by atoms with Gasteiger partial charge in [0.25, 0.3) is 0 Å². The van der Waals surface area contributed by atoms with Gasteiger partial charge < -0.3 is 11.5 Å². The first-order valence-electron chi connectivity index (χ1n) is 6.78. The average molecular weight is 210 g/mol. The van der Waals surface area contributed by atoms with Gasteiger partial charge in [-0.1, -0.05) is 0 Å². The van der Waals surface area contributed by atoms with Gasteiger partial charge in [-0.2, -0.15) is 0 Å². The van der Waals surface area contributed by atoms with E-state index in [1.165, 1.54) is 45.1 Å². The topological polar surface area (TPSA) is 55.3 Å². The summed E-state index contributed by atoms with van der Waals surface area (Å²) >= 11 is 0. The molecule has 0 aromatic carbocycles. The molecule has 2 nitrogen and oxygen atoms in total. The molecule has 4 aliphatic carbocycles. The third-order valence-electron chi connectivity index (χ3n) is 5.54. The molecule has 4 rings (SSSR count). The van der Waals surface area contributed by atoms with E-state index in [2.05, 4.69) is 11.5 Å². The first-order valence-corrected chi connectivity index (χ1v) is 6.78. The van der Waals surface area contributed by atoms with Gasteiger partial charge >= 0.3 is 0 Å². The van der Waals surface area contributed by atoms with Crippen molar-refractivity contribution in [1.82, 2.24) is 0 Å². The van der Waals surface area contributed by atoms with Crippen molar-refractivity contribution in [2.45, 2.75) is 44.9 Å². The summed E-state index contributed by atoms with van der Waals surface area (Å²) in [6.07, 6.45) is 10.5. The zero-order valence-corrected chi connectivity index (χ0v) is 9.93. The second kappa shape index (κ2) is 3.21. The van der Waals surface area contributed by atoms with Crippen LogP contribution >= 0.6 is 0 Å². The van der Waals surface area contributed by atoms with Crippen molar-refractivity contribution in [1.29, 1.82) is 0 Å². The SMILES string of the molecule is [NH3+]CCC12C[C@@H]3C[C@H](CC(C[NH3+])(C3)C1)C2. The maximum atomic E-state index is 4.25. The minimum absolute atomic E-state index is 0.666. The fraction of sp³-hybridized carbons (Fsp3) is 1.00. The lowest BCUT2D eigenvalue weighted by atomic mass is 9.43. The third-order valence-corrected chi connectivity index (χ3v) is 5.54. The molecule has 0 radical (unpaired) electrons. The molecule has 0 heterocycles. The number of rotatable bonds is 3. The van der Waals surface area contributed by atoms with E-state index in [1.807, 2.05) is 0 Å². The van der Waals surface area contributed by atoms with Gasteiger partial charge in [-0.3, -0.25) is 0 Å². The molecule has 0 unspecified atom stereocenters. The second-order valence-electron chi connectivity index (χ2n) is 6.81. The highest BCUT2D eigenvalue weighted by atomic mass is 14.7. The molecule has 0 aromatic heterocycles. The Morgan fingerprint density at radius 1 is 0.933 bits per heavy atom. The maximum absolute atomic E-state index is 4.25. The van der Waals surface area contributed by atoms with E-state index in [-0.39, 0.29) is 0 Å². The monoisotopic (exact) mass is 210 g/mol. The summed E-state index contributed by atoms with van der Waals surface area (Å²) in [7, 11) is 0. The molecular weight excluding hydrogens is 184 g/mol. The quantitative estimate of drug-likeness (QED) is 0.679. The predicted octanol–water partition coefficient (Wildman–Crippen LogP) is 0.447. The molecule has 0 saturated heterocycles. The van der Waals surface area contributed by atoms with Gasteiger partial charge in [-0.05, 0) is 55.8 Å². The van der Waals surface area contributed by atoms with Crippen LogP contribution in [0.25, 0.3) is 0 Å². The zero-order valence-electron chi connectivity index (χ0n) is 9.93. The molecular formula is C13H26N2+2. The largest absolute Gasteiger partial charge is 0.358 e. The van der Waals surface area contributed by atoms with Gasteiger partial charge in [0, 0.05) is 11.8 Å². The van der Waals surface area contributed by atoms with E-state index in [0.717, 1.165) is 18.4 Å². The minimum atomic E-state index is 0.666. The Kier molecular flexibility index (Phi) is 2.16. The lowest BCUT2D eigenvalue weighted by Crippen LogP contribution is -2.65. The summed E-state index contributed by atoms with van der Waals surface area (Å²) < 4.78 is 0. The molecule has 0 aromatic rings. The maximum Gasteiger partial charge on any atom is 0.0797 e. The van der Waals surface area contributed by atoms with Crippen LogP contribution < -0.4 is 11.5 Å². The van der Waals surface area contributed by atoms with E-state index in [4.69, 9.17) is 0 Å². The van der Waals surface area contributed by atoms with Crippen molar-refractivity contribution in [3.8, 4) is 0 Å². The molecule has 4 saturated carbocycles. The standard InChI is InChI=1S/C13H24N2/c14-2-1-12-4-10-3-11(5-12)7-13(6-10,8-12)9-15/h10-11H,1-9,14-15H2/p+2/t10-,11-,12?,13?/m0/s1. The first-order chi connectivity index (χ1) is 7.19. The van der Waals surface area contributed by atoms with Gasteiger partial charge in [-0.25, -0.2) is 0 Å². The summed E-state index contributed by atoms with van der Waals surface area (Å²) in [5.41, 5.74) is 9.72. The Labute approximate surface area is 92.8 Å². The molecule has 4 fully saturated rings. The Morgan fingerprint density at radius 3 is 2.07 bits per heavy atom. The summed E-state index contributed by atoms with van der Waals surface area (Å²) in [4.78, 5) is 0. The molecule has 2 heteroatoms. The van der Waals surface area contributed by atoms with Crippen LogP contribution in [0.4, 0.5) is 0 Å². The summed E-state index contributed by atoms with van der Waals surface area (Å²) in [6, 6.07) is 0. The molecule has 6 N–H and O–H groups in total. The van der Waals surface area contributed by atoms with Gasteiger partial charge in [0.2, 0.25) is 0 Å². The lowest BCUT2D eigenvalue weighted by molar-refractivity contribution is -0.409.